The lowest BCUT2D eigenvalue weighted by Gasteiger charge is -2.22. The van der Waals surface area contributed by atoms with Crippen LogP contribution in [0.1, 0.15) is 31.5 Å². The summed E-state index contributed by atoms with van der Waals surface area (Å²) in [5, 5.41) is 8.26. The van der Waals surface area contributed by atoms with Crippen LogP contribution in [0.5, 0.6) is 11.5 Å². The summed E-state index contributed by atoms with van der Waals surface area (Å²) in [7, 11) is 2.13. The standard InChI is InChI=1S/C18H24ClN3O2/c1-4-8-24-18-14(19)9-12(10-16(18)23-5-2)17-13-11-22(3)7-6-15(13)20-21-17/h9-10H,4-8,11H2,1-3H3,(H,20,21). The van der Waals surface area contributed by atoms with Crippen molar-refractivity contribution in [3.8, 4) is 22.8 Å². The van der Waals surface area contributed by atoms with Crippen LogP contribution in [0.15, 0.2) is 12.1 Å². The van der Waals surface area contributed by atoms with E-state index in [4.69, 9.17) is 21.1 Å². The Morgan fingerprint density at radius 2 is 2.12 bits per heavy atom. The van der Waals surface area contributed by atoms with Crippen LogP contribution < -0.4 is 9.47 Å². The lowest BCUT2D eigenvalue weighted by atomic mass is 10.0. The Morgan fingerprint density at radius 1 is 1.29 bits per heavy atom. The van der Waals surface area contributed by atoms with Crippen molar-refractivity contribution in [2.75, 3.05) is 26.8 Å². The van der Waals surface area contributed by atoms with E-state index < -0.39 is 0 Å². The normalized spacial score (nSPS) is 14.5. The van der Waals surface area contributed by atoms with Crippen molar-refractivity contribution < 1.29 is 9.47 Å². The lowest BCUT2D eigenvalue weighted by Crippen LogP contribution is -2.26. The maximum Gasteiger partial charge on any atom is 0.179 e. The van der Waals surface area contributed by atoms with E-state index in [2.05, 4.69) is 29.1 Å². The van der Waals surface area contributed by atoms with Crippen molar-refractivity contribution >= 4 is 11.6 Å². The maximum atomic E-state index is 6.48. The van der Waals surface area contributed by atoms with Gasteiger partial charge in [0.15, 0.2) is 11.5 Å². The van der Waals surface area contributed by atoms with Crippen LogP contribution >= 0.6 is 11.6 Å². The highest BCUT2D eigenvalue weighted by Crippen LogP contribution is 2.40. The molecular formula is C18H24ClN3O2. The molecule has 6 heteroatoms. The lowest BCUT2D eigenvalue weighted by molar-refractivity contribution is 0.277. The van der Waals surface area contributed by atoms with Gasteiger partial charge in [0.2, 0.25) is 0 Å². The Kier molecular flexibility index (Phi) is 5.31. The Morgan fingerprint density at radius 3 is 2.88 bits per heavy atom. The van der Waals surface area contributed by atoms with Crippen molar-refractivity contribution in [1.29, 1.82) is 0 Å². The molecule has 1 aromatic heterocycles. The van der Waals surface area contributed by atoms with E-state index >= 15 is 0 Å². The van der Waals surface area contributed by atoms with Crippen LogP contribution in [0.25, 0.3) is 11.3 Å². The molecule has 0 atom stereocenters. The molecule has 2 heterocycles. The third kappa shape index (κ3) is 3.37. The molecule has 0 unspecified atom stereocenters. The summed E-state index contributed by atoms with van der Waals surface area (Å²) in [5.74, 6) is 1.29. The van der Waals surface area contributed by atoms with Gasteiger partial charge in [-0.3, -0.25) is 5.10 Å². The van der Waals surface area contributed by atoms with Gasteiger partial charge in [-0.2, -0.15) is 5.10 Å². The minimum Gasteiger partial charge on any atom is -0.490 e. The fourth-order valence-corrected chi connectivity index (χ4v) is 3.25. The monoisotopic (exact) mass is 349 g/mol. The van der Waals surface area contributed by atoms with Gasteiger partial charge in [0.25, 0.3) is 0 Å². The Balaban J connectivity index is 2.01. The molecule has 1 N–H and O–H groups in total. The zero-order valence-corrected chi connectivity index (χ0v) is 15.2. The molecule has 0 aliphatic carbocycles. The van der Waals surface area contributed by atoms with Crippen molar-refractivity contribution in [3.63, 3.8) is 0 Å². The third-order valence-electron chi connectivity index (χ3n) is 4.16. The SMILES string of the molecule is CCCOc1c(Cl)cc(-c2n[nH]c3c2CN(C)CC3)cc1OCC. The van der Waals surface area contributed by atoms with Crippen molar-refractivity contribution in [3.05, 3.63) is 28.4 Å². The third-order valence-corrected chi connectivity index (χ3v) is 4.44. The summed E-state index contributed by atoms with van der Waals surface area (Å²) >= 11 is 6.48. The Labute approximate surface area is 147 Å². The first kappa shape index (κ1) is 17.1. The molecule has 0 saturated carbocycles. The fraction of sp³-hybridized carbons (Fsp3) is 0.500. The molecule has 1 aliphatic heterocycles. The van der Waals surface area contributed by atoms with Crippen molar-refractivity contribution in [1.82, 2.24) is 15.1 Å². The van der Waals surface area contributed by atoms with Crippen molar-refractivity contribution in [2.45, 2.75) is 33.2 Å². The van der Waals surface area contributed by atoms with Gasteiger partial charge in [0, 0.05) is 36.3 Å². The number of nitrogens with one attached hydrogen (secondary N) is 1. The molecule has 1 aliphatic rings. The number of ether oxygens (including phenoxy) is 2. The van der Waals surface area contributed by atoms with Gasteiger partial charge >= 0.3 is 0 Å². The number of rotatable bonds is 6. The molecule has 1 aromatic carbocycles. The van der Waals surface area contributed by atoms with Crippen LogP contribution in [0.2, 0.25) is 5.02 Å². The van der Waals surface area contributed by atoms with Crippen LogP contribution in [0.3, 0.4) is 0 Å². The van der Waals surface area contributed by atoms with E-state index in [1.165, 1.54) is 11.3 Å². The second-order valence-corrected chi connectivity index (χ2v) is 6.49. The molecule has 0 fully saturated rings. The number of hydrogen-bond donors (Lipinski definition) is 1. The van der Waals surface area contributed by atoms with E-state index in [1.807, 2.05) is 19.1 Å². The molecule has 2 aromatic rings. The van der Waals surface area contributed by atoms with Gasteiger partial charge in [-0.25, -0.2) is 0 Å². The first-order valence-electron chi connectivity index (χ1n) is 8.48. The van der Waals surface area contributed by atoms with Gasteiger partial charge in [-0.15, -0.1) is 0 Å². The predicted molar refractivity (Wildman–Crippen MR) is 96.0 cm³/mol. The van der Waals surface area contributed by atoms with Gasteiger partial charge in [-0.1, -0.05) is 18.5 Å². The number of halogens is 1. The molecule has 24 heavy (non-hydrogen) atoms. The predicted octanol–water partition coefficient (Wildman–Crippen LogP) is 3.91. The zero-order chi connectivity index (χ0) is 17.1. The zero-order valence-electron chi connectivity index (χ0n) is 14.5. The van der Waals surface area contributed by atoms with Gasteiger partial charge in [-0.05, 0) is 32.5 Å². The molecule has 0 spiro atoms. The minimum absolute atomic E-state index is 0.559. The molecule has 5 nitrogen and oxygen atoms in total. The molecule has 0 bridgehead atoms. The smallest absolute Gasteiger partial charge is 0.179 e. The van der Waals surface area contributed by atoms with E-state index in [9.17, 15) is 0 Å². The average Bonchev–Trinajstić information content (AvgIpc) is 2.97. The molecule has 0 amide bonds. The highest BCUT2D eigenvalue weighted by Gasteiger charge is 2.22. The number of fused-ring (bicyclic) bond motifs is 1. The van der Waals surface area contributed by atoms with E-state index in [0.29, 0.717) is 29.7 Å². The Bertz CT molecular complexity index is 715. The number of H-pyrrole nitrogens is 1. The highest BCUT2D eigenvalue weighted by atomic mass is 35.5. The minimum atomic E-state index is 0.559. The average molecular weight is 350 g/mol. The molecule has 0 saturated heterocycles. The van der Waals surface area contributed by atoms with E-state index in [1.54, 1.807) is 0 Å². The summed E-state index contributed by atoms with van der Waals surface area (Å²) in [6, 6.07) is 3.89. The molecule has 3 rings (SSSR count). The molecule has 130 valence electrons. The number of aromatic amines is 1. The van der Waals surface area contributed by atoms with Crippen LogP contribution in [0, 0.1) is 0 Å². The van der Waals surface area contributed by atoms with Crippen molar-refractivity contribution in [2.24, 2.45) is 0 Å². The van der Waals surface area contributed by atoms with Gasteiger partial charge in [0.05, 0.1) is 23.9 Å². The summed E-state index contributed by atoms with van der Waals surface area (Å²) < 4.78 is 11.5. The summed E-state index contributed by atoms with van der Waals surface area (Å²) in [4.78, 5) is 2.30. The van der Waals surface area contributed by atoms with Crippen LogP contribution in [-0.2, 0) is 13.0 Å². The maximum absolute atomic E-state index is 6.48. The molecular weight excluding hydrogens is 326 g/mol. The fourth-order valence-electron chi connectivity index (χ4n) is 2.98. The molecule has 0 radical (unpaired) electrons. The first-order chi connectivity index (χ1) is 11.6. The number of likely N-dealkylation sites (N-methyl/N-ethyl adjacent to an activating group) is 1. The number of benzene rings is 1. The number of hydrogen-bond acceptors (Lipinski definition) is 4. The number of nitrogens with zero attached hydrogens (tertiary/aromatic N) is 2. The topological polar surface area (TPSA) is 50.4 Å². The second kappa shape index (κ2) is 7.45. The summed E-state index contributed by atoms with van der Waals surface area (Å²) in [6.45, 7) is 7.12. The summed E-state index contributed by atoms with van der Waals surface area (Å²) in [5.41, 5.74) is 4.36. The summed E-state index contributed by atoms with van der Waals surface area (Å²) in [6.07, 6.45) is 1.91. The first-order valence-corrected chi connectivity index (χ1v) is 8.86. The van der Waals surface area contributed by atoms with Crippen LogP contribution in [-0.4, -0.2) is 41.9 Å². The second-order valence-electron chi connectivity index (χ2n) is 6.08. The van der Waals surface area contributed by atoms with E-state index in [-0.39, 0.29) is 0 Å². The van der Waals surface area contributed by atoms with E-state index in [0.717, 1.165) is 37.2 Å². The highest BCUT2D eigenvalue weighted by molar-refractivity contribution is 6.32. The Hall–Kier alpha value is -1.72. The van der Waals surface area contributed by atoms with Crippen LogP contribution in [0.4, 0.5) is 0 Å². The van der Waals surface area contributed by atoms with Gasteiger partial charge < -0.3 is 14.4 Å². The van der Waals surface area contributed by atoms with Gasteiger partial charge in [0.1, 0.15) is 0 Å². The largest absolute Gasteiger partial charge is 0.490 e. The quantitative estimate of drug-likeness (QED) is 0.859. The number of aromatic nitrogens is 2.